The fourth-order valence-electron chi connectivity index (χ4n) is 1.69. The van der Waals surface area contributed by atoms with Gasteiger partial charge in [0.25, 0.3) is 10.0 Å². The topological polar surface area (TPSA) is 97.4 Å². The van der Waals surface area contributed by atoms with Gasteiger partial charge in [-0.2, -0.15) is 0 Å². The van der Waals surface area contributed by atoms with Crippen molar-refractivity contribution in [2.45, 2.75) is 18.2 Å². The third-order valence-corrected chi connectivity index (χ3v) is 5.44. The Kier molecular flexibility index (Phi) is 5.07. The van der Waals surface area contributed by atoms with E-state index in [2.05, 4.69) is 4.72 Å². The van der Waals surface area contributed by atoms with Gasteiger partial charge in [-0.3, -0.25) is 19.1 Å². The van der Waals surface area contributed by atoms with Crippen molar-refractivity contribution in [2.24, 2.45) is 0 Å². The van der Waals surface area contributed by atoms with Crippen LogP contribution in [0.15, 0.2) is 47.4 Å². The Morgan fingerprint density at radius 1 is 1.04 bits per heavy atom. The van der Waals surface area contributed by atoms with Crippen LogP contribution >= 0.6 is 11.3 Å². The SMILES string of the molecule is CC(=O)C(=O)CC(=O)c1ccc(NS(=O)(=O)c2ccccc2)s1. The van der Waals surface area contributed by atoms with E-state index in [1.807, 2.05) is 0 Å². The summed E-state index contributed by atoms with van der Waals surface area (Å²) in [6.07, 6.45) is -0.513. The highest BCUT2D eigenvalue weighted by Gasteiger charge is 2.19. The Morgan fingerprint density at radius 2 is 1.70 bits per heavy atom. The van der Waals surface area contributed by atoms with Gasteiger partial charge in [-0.15, -0.1) is 11.3 Å². The molecule has 0 fully saturated rings. The predicted molar refractivity (Wildman–Crippen MR) is 86.2 cm³/mol. The Hall–Kier alpha value is -2.32. The van der Waals surface area contributed by atoms with Crippen molar-refractivity contribution < 1.29 is 22.8 Å². The zero-order valence-electron chi connectivity index (χ0n) is 12.1. The van der Waals surface area contributed by atoms with Crippen molar-refractivity contribution in [3.63, 3.8) is 0 Å². The van der Waals surface area contributed by atoms with Crippen molar-refractivity contribution in [3.05, 3.63) is 47.3 Å². The summed E-state index contributed by atoms with van der Waals surface area (Å²) < 4.78 is 26.7. The molecule has 0 bridgehead atoms. The lowest BCUT2D eigenvalue weighted by molar-refractivity contribution is -0.134. The Bertz CT molecular complexity index is 853. The molecule has 1 N–H and O–H groups in total. The van der Waals surface area contributed by atoms with Crippen LogP contribution in [0, 0.1) is 0 Å². The van der Waals surface area contributed by atoms with Gasteiger partial charge < -0.3 is 0 Å². The van der Waals surface area contributed by atoms with Crippen LogP contribution in [0.1, 0.15) is 23.0 Å². The zero-order chi connectivity index (χ0) is 17.0. The van der Waals surface area contributed by atoms with E-state index in [0.29, 0.717) is 0 Å². The average molecular weight is 351 g/mol. The fraction of sp³-hybridized carbons (Fsp3) is 0.133. The zero-order valence-corrected chi connectivity index (χ0v) is 13.7. The second-order valence-electron chi connectivity index (χ2n) is 4.66. The second kappa shape index (κ2) is 6.84. The van der Waals surface area contributed by atoms with E-state index < -0.39 is 33.8 Å². The maximum Gasteiger partial charge on any atom is 0.262 e. The molecule has 0 aliphatic rings. The third kappa shape index (κ3) is 4.33. The smallest absolute Gasteiger partial charge is 0.262 e. The number of carbonyl (C=O) groups is 3. The summed E-state index contributed by atoms with van der Waals surface area (Å²) in [6, 6.07) is 10.7. The first-order valence-electron chi connectivity index (χ1n) is 6.54. The van der Waals surface area contributed by atoms with Gasteiger partial charge >= 0.3 is 0 Å². The molecule has 1 aromatic carbocycles. The van der Waals surface area contributed by atoms with Gasteiger partial charge in [-0.05, 0) is 24.3 Å². The van der Waals surface area contributed by atoms with Crippen LogP contribution < -0.4 is 4.72 Å². The minimum absolute atomic E-state index is 0.105. The van der Waals surface area contributed by atoms with Crippen molar-refractivity contribution >= 4 is 43.7 Å². The second-order valence-corrected chi connectivity index (χ2v) is 7.43. The van der Waals surface area contributed by atoms with E-state index in [-0.39, 0.29) is 14.8 Å². The monoisotopic (exact) mass is 351 g/mol. The number of rotatable bonds is 7. The number of ketones is 3. The van der Waals surface area contributed by atoms with Crippen LogP contribution in [0.2, 0.25) is 0 Å². The minimum atomic E-state index is -3.73. The number of sulfonamides is 1. The highest BCUT2D eigenvalue weighted by molar-refractivity contribution is 7.93. The molecule has 8 heteroatoms. The Labute approximate surface area is 137 Å². The molecule has 0 unspecified atom stereocenters. The van der Waals surface area contributed by atoms with E-state index in [1.165, 1.54) is 24.3 Å². The van der Waals surface area contributed by atoms with Gasteiger partial charge in [-0.1, -0.05) is 18.2 Å². The first-order valence-corrected chi connectivity index (χ1v) is 8.84. The normalized spacial score (nSPS) is 11.0. The minimum Gasteiger partial charge on any atom is -0.293 e. The standard InChI is InChI=1S/C15H13NO5S2/c1-10(17)12(18)9-13(19)14-7-8-15(22-14)16-23(20,21)11-5-3-2-4-6-11/h2-8,16H,9H2,1H3. The van der Waals surface area contributed by atoms with Gasteiger partial charge in [0.1, 0.15) is 5.00 Å². The molecule has 2 aromatic rings. The third-order valence-electron chi connectivity index (χ3n) is 2.88. The molecule has 0 saturated heterocycles. The highest BCUT2D eigenvalue weighted by atomic mass is 32.2. The highest BCUT2D eigenvalue weighted by Crippen LogP contribution is 2.25. The first-order chi connectivity index (χ1) is 10.8. The van der Waals surface area contributed by atoms with E-state index in [9.17, 15) is 22.8 Å². The maximum absolute atomic E-state index is 12.2. The summed E-state index contributed by atoms with van der Waals surface area (Å²) in [6.45, 7) is 1.10. The van der Waals surface area contributed by atoms with Crippen LogP contribution in [-0.4, -0.2) is 25.8 Å². The molecule has 0 aliphatic heterocycles. The Morgan fingerprint density at radius 3 is 2.30 bits per heavy atom. The number of benzene rings is 1. The van der Waals surface area contributed by atoms with E-state index in [1.54, 1.807) is 18.2 Å². The van der Waals surface area contributed by atoms with Crippen molar-refractivity contribution in [2.75, 3.05) is 4.72 Å². The number of anilines is 1. The summed E-state index contributed by atoms with van der Waals surface area (Å²) in [5, 5.41) is 0.257. The maximum atomic E-state index is 12.2. The molecule has 0 amide bonds. The number of thiophene rings is 1. The van der Waals surface area contributed by atoms with Gasteiger partial charge in [-0.25, -0.2) is 8.42 Å². The number of Topliss-reactive ketones (excluding diaryl/α,β-unsaturated/α-hetero) is 3. The summed E-state index contributed by atoms with van der Waals surface area (Å²) in [5.41, 5.74) is 0. The van der Waals surface area contributed by atoms with Crippen molar-refractivity contribution in [1.82, 2.24) is 0 Å². The van der Waals surface area contributed by atoms with E-state index in [4.69, 9.17) is 0 Å². The van der Waals surface area contributed by atoms with Crippen molar-refractivity contribution in [3.8, 4) is 0 Å². The molecule has 1 heterocycles. The lowest BCUT2D eigenvalue weighted by Gasteiger charge is -2.05. The molecule has 23 heavy (non-hydrogen) atoms. The molecule has 2 rings (SSSR count). The number of carbonyl (C=O) groups excluding carboxylic acids is 3. The molecule has 6 nitrogen and oxygen atoms in total. The predicted octanol–water partition coefficient (Wildman–Crippen LogP) is 2.28. The average Bonchev–Trinajstić information content (AvgIpc) is 2.96. The number of hydrogen-bond donors (Lipinski definition) is 1. The molecular weight excluding hydrogens is 338 g/mol. The quantitative estimate of drug-likeness (QED) is 0.469. The lowest BCUT2D eigenvalue weighted by Crippen LogP contribution is -2.14. The van der Waals surface area contributed by atoms with Gasteiger partial charge in [0.15, 0.2) is 11.6 Å². The largest absolute Gasteiger partial charge is 0.293 e. The van der Waals surface area contributed by atoms with Crippen LogP contribution in [-0.2, 0) is 19.6 Å². The molecule has 1 aromatic heterocycles. The fourth-order valence-corrected chi connectivity index (χ4v) is 3.85. The summed E-state index contributed by atoms with van der Waals surface area (Å²) in [5.74, 6) is -1.96. The molecule has 0 saturated carbocycles. The first kappa shape index (κ1) is 17.0. The molecule has 120 valence electrons. The van der Waals surface area contributed by atoms with Crippen molar-refractivity contribution in [1.29, 1.82) is 0 Å². The molecule has 0 radical (unpaired) electrons. The molecule has 0 atom stereocenters. The molecule has 0 spiro atoms. The number of hydrogen-bond acceptors (Lipinski definition) is 6. The lowest BCUT2D eigenvalue weighted by atomic mass is 10.1. The Balaban J connectivity index is 2.12. The molecule has 0 aliphatic carbocycles. The van der Waals surface area contributed by atoms with E-state index >= 15 is 0 Å². The van der Waals surface area contributed by atoms with Gasteiger partial charge in [0, 0.05) is 6.92 Å². The van der Waals surface area contributed by atoms with Crippen LogP contribution in [0.4, 0.5) is 5.00 Å². The van der Waals surface area contributed by atoms with Crippen LogP contribution in [0.5, 0.6) is 0 Å². The van der Waals surface area contributed by atoms with Gasteiger partial charge in [0.05, 0.1) is 16.2 Å². The number of nitrogens with one attached hydrogen (secondary N) is 1. The summed E-state index contributed by atoms with van der Waals surface area (Å²) in [7, 11) is -3.73. The van der Waals surface area contributed by atoms with Crippen LogP contribution in [0.3, 0.4) is 0 Å². The van der Waals surface area contributed by atoms with Gasteiger partial charge in [0.2, 0.25) is 5.78 Å². The van der Waals surface area contributed by atoms with Crippen LogP contribution in [0.25, 0.3) is 0 Å². The van der Waals surface area contributed by atoms with E-state index in [0.717, 1.165) is 18.3 Å². The molecular formula is C15H13NO5S2. The summed E-state index contributed by atoms with van der Waals surface area (Å²) >= 11 is 0.913. The summed E-state index contributed by atoms with van der Waals surface area (Å²) in [4.78, 5) is 34.3.